The second-order valence-corrected chi connectivity index (χ2v) is 5.36. The Bertz CT molecular complexity index is 323. The lowest BCUT2D eigenvalue weighted by Crippen LogP contribution is -2.22. The van der Waals surface area contributed by atoms with Crippen molar-refractivity contribution in [1.82, 2.24) is 4.98 Å². The largest absolute Gasteiger partial charge is 0.324 e. The average molecular weight is 232 g/mol. The summed E-state index contributed by atoms with van der Waals surface area (Å²) in [6.07, 6.45) is 11.4. The number of hydrogen-bond donors (Lipinski definition) is 1. The number of nitrogens with two attached hydrogens (primary N) is 1. The molecule has 0 saturated heterocycles. The van der Waals surface area contributed by atoms with Crippen molar-refractivity contribution < 1.29 is 0 Å². The van der Waals surface area contributed by atoms with Crippen molar-refractivity contribution in [2.75, 3.05) is 0 Å². The minimum Gasteiger partial charge on any atom is -0.324 e. The fourth-order valence-electron chi connectivity index (χ4n) is 2.80. The van der Waals surface area contributed by atoms with E-state index >= 15 is 0 Å². The highest BCUT2D eigenvalue weighted by atomic mass is 14.7. The molecule has 2 heteroatoms. The maximum absolute atomic E-state index is 6.40. The number of nitrogens with zero attached hydrogens (tertiary/aromatic N) is 1. The SMILES string of the molecule is Cc1ccc(C(N)C2CCCCCCC2)cn1. The van der Waals surface area contributed by atoms with Gasteiger partial charge in [0.25, 0.3) is 0 Å². The van der Waals surface area contributed by atoms with Gasteiger partial charge in [0.2, 0.25) is 0 Å². The fourth-order valence-corrected chi connectivity index (χ4v) is 2.80. The number of rotatable bonds is 2. The van der Waals surface area contributed by atoms with Gasteiger partial charge in [0, 0.05) is 17.9 Å². The van der Waals surface area contributed by atoms with E-state index < -0.39 is 0 Å². The van der Waals surface area contributed by atoms with Crippen molar-refractivity contribution in [3.05, 3.63) is 29.6 Å². The molecule has 1 aromatic heterocycles. The first-order valence-electron chi connectivity index (χ1n) is 6.95. The smallest absolute Gasteiger partial charge is 0.0372 e. The zero-order valence-electron chi connectivity index (χ0n) is 10.9. The lowest BCUT2D eigenvalue weighted by molar-refractivity contribution is 0.327. The van der Waals surface area contributed by atoms with E-state index in [1.54, 1.807) is 0 Å². The van der Waals surface area contributed by atoms with E-state index in [4.69, 9.17) is 5.73 Å². The predicted octanol–water partition coefficient (Wildman–Crippen LogP) is 3.75. The number of hydrogen-bond acceptors (Lipinski definition) is 2. The minimum atomic E-state index is 0.182. The summed E-state index contributed by atoms with van der Waals surface area (Å²) in [5.41, 5.74) is 8.68. The zero-order valence-corrected chi connectivity index (χ0v) is 10.9. The van der Waals surface area contributed by atoms with E-state index in [0.29, 0.717) is 5.92 Å². The van der Waals surface area contributed by atoms with Gasteiger partial charge in [0.05, 0.1) is 0 Å². The van der Waals surface area contributed by atoms with E-state index in [1.165, 1.54) is 50.5 Å². The normalized spacial score (nSPS) is 20.6. The van der Waals surface area contributed by atoms with Gasteiger partial charge in [-0.1, -0.05) is 38.2 Å². The summed E-state index contributed by atoms with van der Waals surface area (Å²) in [7, 11) is 0. The molecule has 0 radical (unpaired) electrons. The molecule has 0 spiro atoms. The first-order valence-corrected chi connectivity index (χ1v) is 6.95. The van der Waals surface area contributed by atoms with Crippen molar-refractivity contribution >= 4 is 0 Å². The summed E-state index contributed by atoms with van der Waals surface area (Å²) >= 11 is 0. The predicted molar refractivity (Wildman–Crippen MR) is 71.7 cm³/mol. The van der Waals surface area contributed by atoms with Crippen LogP contribution < -0.4 is 5.73 Å². The highest BCUT2D eigenvalue weighted by Crippen LogP contribution is 2.31. The molecule has 1 aliphatic rings. The summed E-state index contributed by atoms with van der Waals surface area (Å²) in [5, 5.41) is 0. The van der Waals surface area contributed by atoms with E-state index in [0.717, 1.165) is 5.69 Å². The number of pyridine rings is 1. The molecule has 2 N–H and O–H groups in total. The molecular formula is C15H24N2. The van der Waals surface area contributed by atoms with Gasteiger partial charge in [-0.15, -0.1) is 0 Å². The summed E-state index contributed by atoms with van der Waals surface area (Å²) in [5.74, 6) is 0.653. The van der Waals surface area contributed by atoms with Gasteiger partial charge >= 0.3 is 0 Å². The molecular weight excluding hydrogens is 208 g/mol. The molecule has 1 aliphatic carbocycles. The van der Waals surface area contributed by atoms with Crippen molar-refractivity contribution in [2.45, 2.75) is 57.9 Å². The van der Waals surface area contributed by atoms with Crippen LogP contribution in [0.25, 0.3) is 0 Å². The monoisotopic (exact) mass is 232 g/mol. The Morgan fingerprint density at radius 3 is 2.35 bits per heavy atom. The molecule has 0 amide bonds. The molecule has 1 fully saturated rings. The van der Waals surface area contributed by atoms with Crippen LogP contribution in [0.5, 0.6) is 0 Å². The molecule has 1 aromatic rings. The fraction of sp³-hybridized carbons (Fsp3) is 0.667. The van der Waals surface area contributed by atoms with Crippen LogP contribution in [0.1, 0.15) is 62.2 Å². The van der Waals surface area contributed by atoms with Crippen LogP contribution in [0.3, 0.4) is 0 Å². The van der Waals surface area contributed by atoms with Crippen LogP contribution in [0.4, 0.5) is 0 Å². The summed E-state index contributed by atoms with van der Waals surface area (Å²) in [4.78, 5) is 4.36. The average Bonchev–Trinajstić information content (AvgIpc) is 2.29. The lowest BCUT2D eigenvalue weighted by Gasteiger charge is -2.26. The van der Waals surface area contributed by atoms with Gasteiger partial charge < -0.3 is 5.73 Å². The Morgan fingerprint density at radius 2 is 1.76 bits per heavy atom. The Kier molecular flexibility index (Phi) is 4.55. The van der Waals surface area contributed by atoms with Crippen LogP contribution in [0.15, 0.2) is 18.3 Å². The van der Waals surface area contributed by atoms with Crippen molar-refractivity contribution in [3.63, 3.8) is 0 Å². The second kappa shape index (κ2) is 6.15. The highest BCUT2D eigenvalue weighted by Gasteiger charge is 2.20. The summed E-state index contributed by atoms with van der Waals surface area (Å²) in [6, 6.07) is 4.39. The first-order chi connectivity index (χ1) is 8.27. The van der Waals surface area contributed by atoms with Gasteiger partial charge in [0.1, 0.15) is 0 Å². The van der Waals surface area contributed by atoms with Crippen LogP contribution in [-0.2, 0) is 0 Å². The molecule has 1 unspecified atom stereocenters. The third kappa shape index (κ3) is 3.53. The van der Waals surface area contributed by atoms with Crippen molar-refractivity contribution in [2.24, 2.45) is 11.7 Å². The molecule has 0 aromatic carbocycles. The number of aromatic nitrogens is 1. The van der Waals surface area contributed by atoms with Crippen LogP contribution in [-0.4, -0.2) is 4.98 Å². The van der Waals surface area contributed by atoms with Crippen LogP contribution in [0.2, 0.25) is 0 Å². The van der Waals surface area contributed by atoms with Crippen LogP contribution >= 0.6 is 0 Å². The van der Waals surface area contributed by atoms with E-state index in [2.05, 4.69) is 17.1 Å². The van der Waals surface area contributed by atoms with E-state index in [1.807, 2.05) is 13.1 Å². The zero-order chi connectivity index (χ0) is 12.1. The Morgan fingerprint density at radius 1 is 1.12 bits per heavy atom. The molecule has 17 heavy (non-hydrogen) atoms. The topological polar surface area (TPSA) is 38.9 Å². The second-order valence-electron chi connectivity index (χ2n) is 5.36. The van der Waals surface area contributed by atoms with E-state index in [-0.39, 0.29) is 6.04 Å². The van der Waals surface area contributed by atoms with Crippen LogP contribution in [0, 0.1) is 12.8 Å². The Labute approximate surface area is 105 Å². The van der Waals surface area contributed by atoms with E-state index in [9.17, 15) is 0 Å². The van der Waals surface area contributed by atoms with Gasteiger partial charge in [-0.05, 0) is 37.3 Å². The third-order valence-corrected chi connectivity index (χ3v) is 3.98. The molecule has 1 saturated carbocycles. The third-order valence-electron chi connectivity index (χ3n) is 3.98. The molecule has 94 valence electrons. The van der Waals surface area contributed by atoms with Gasteiger partial charge in [-0.25, -0.2) is 0 Å². The van der Waals surface area contributed by atoms with Gasteiger partial charge in [-0.3, -0.25) is 4.98 Å². The molecule has 1 atom stereocenters. The maximum Gasteiger partial charge on any atom is 0.0372 e. The number of aryl methyl sites for hydroxylation is 1. The van der Waals surface area contributed by atoms with Crippen molar-refractivity contribution in [3.8, 4) is 0 Å². The summed E-state index contributed by atoms with van der Waals surface area (Å²) in [6.45, 7) is 2.02. The van der Waals surface area contributed by atoms with Gasteiger partial charge in [0.15, 0.2) is 0 Å². The Hall–Kier alpha value is -0.890. The lowest BCUT2D eigenvalue weighted by atomic mass is 9.84. The standard InChI is InChI=1S/C15H24N2/c1-12-9-10-14(11-17-12)15(16)13-7-5-3-2-4-6-8-13/h9-11,13,15H,2-8,16H2,1H3. The molecule has 1 heterocycles. The summed E-state index contributed by atoms with van der Waals surface area (Å²) < 4.78 is 0. The quantitative estimate of drug-likeness (QED) is 0.843. The molecule has 2 nitrogen and oxygen atoms in total. The van der Waals surface area contributed by atoms with Gasteiger partial charge in [-0.2, -0.15) is 0 Å². The Balaban J connectivity index is 2.01. The molecule has 2 rings (SSSR count). The first kappa shape index (κ1) is 12.6. The molecule has 0 bridgehead atoms. The highest BCUT2D eigenvalue weighted by molar-refractivity contribution is 5.17. The molecule has 0 aliphatic heterocycles. The van der Waals surface area contributed by atoms with Crippen molar-refractivity contribution in [1.29, 1.82) is 0 Å². The maximum atomic E-state index is 6.40. The minimum absolute atomic E-state index is 0.182.